The minimum atomic E-state index is 0.0704. The number of ether oxygens (including phenoxy) is 2. The molecule has 1 aromatic carbocycles. The number of hydrogen-bond acceptors (Lipinski definition) is 3. The molecule has 1 aromatic rings. The number of Topliss-reactive ketones (excluding diaryl/α,β-unsaturated/α-hetero) is 1. The lowest BCUT2D eigenvalue weighted by molar-refractivity contribution is 0.0912. The smallest absolute Gasteiger partial charge is 0.167 e. The van der Waals surface area contributed by atoms with Gasteiger partial charge in [-0.2, -0.15) is 0 Å². The molecular formula is C15H19BrO3. The number of ketones is 1. The molecule has 104 valence electrons. The van der Waals surface area contributed by atoms with E-state index in [0.717, 1.165) is 23.7 Å². The molecule has 4 heteroatoms. The number of carbonyl (C=O) groups excluding carboxylic acids is 1. The SMILES string of the molecule is CCC(CC)C(=O)c1cc2c(cc1Br)OCCCO2. The summed E-state index contributed by atoms with van der Waals surface area (Å²) in [7, 11) is 0. The van der Waals surface area contributed by atoms with E-state index in [1.54, 1.807) is 0 Å². The van der Waals surface area contributed by atoms with E-state index in [1.807, 2.05) is 26.0 Å². The normalized spacial score (nSPS) is 14.3. The predicted octanol–water partition coefficient (Wildman–Crippen LogP) is 4.23. The van der Waals surface area contributed by atoms with E-state index < -0.39 is 0 Å². The minimum absolute atomic E-state index is 0.0704. The van der Waals surface area contributed by atoms with Crippen LogP contribution in [0.1, 0.15) is 43.5 Å². The molecule has 1 aliphatic heterocycles. The third-order valence-corrected chi connectivity index (χ3v) is 4.12. The molecule has 2 rings (SSSR count). The van der Waals surface area contributed by atoms with Gasteiger partial charge in [-0.15, -0.1) is 0 Å². The Labute approximate surface area is 122 Å². The van der Waals surface area contributed by atoms with Gasteiger partial charge in [-0.1, -0.05) is 13.8 Å². The van der Waals surface area contributed by atoms with Gasteiger partial charge in [-0.05, 0) is 40.9 Å². The van der Waals surface area contributed by atoms with E-state index in [1.165, 1.54) is 0 Å². The molecule has 0 saturated carbocycles. The Morgan fingerprint density at radius 1 is 1.21 bits per heavy atom. The molecule has 0 bridgehead atoms. The van der Waals surface area contributed by atoms with Gasteiger partial charge in [0.2, 0.25) is 0 Å². The Hall–Kier alpha value is -1.03. The molecule has 0 radical (unpaired) electrons. The van der Waals surface area contributed by atoms with E-state index >= 15 is 0 Å². The van der Waals surface area contributed by atoms with Crippen molar-refractivity contribution in [1.82, 2.24) is 0 Å². The van der Waals surface area contributed by atoms with Crippen molar-refractivity contribution >= 4 is 21.7 Å². The molecule has 3 nitrogen and oxygen atoms in total. The third kappa shape index (κ3) is 3.11. The molecule has 0 aromatic heterocycles. The van der Waals surface area contributed by atoms with Crippen molar-refractivity contribution in [2.24, 2.45) is 5.92 Å². The van der Waals surface area contributed by atoms with Crippen molar-refractivity contribution < 1.29 is 14.3 Å². The lowest BCUT2D eigenvalue weighted by atomic mass is 9.93. The maximum atomic E-state index is 12.5. The van der Waals surface area contributed by atoms with Crippen LogP contribution in [0.4, 0.5) is 0 Å². The number of halogens is 1. The van der Waals surface area contributed by atoms with Gasteiger partial charge in [0.1, 0.15) is 0 Å². The molecule has 0 N–H and O–H groups in total. The van der Waals surface area contributed by atoms with Crippen molar-refractivity contribution in [1.29, 1.82) is 0 Å². The van der Waals surface area contributed by atoms with Crippen LogP contribution in [0.2, 0.25) is 0 Å². The second-order valence-corrected chi connectivity index (χ2v) is 5.56. The van der Waals surface area contributed by atoms with E-state index in [4.69, 9.17) is 9.47 Å². The van der Waals surface area contributed by atoms with Crippen LogP contribution in [0.25, 0.3) is 0 Å². The number of benzene rings is 1. The zero-order valence-corrected chi connectivity index (χ0v) is 13.0. The number of rotatable bonds is 4. The van der Waals surface area contributed by atoms with Crippen LogP contribution in [0, 0.1) is 5.92 Å². The standard InChI is InChI=1S/C15H19BrO3/c1-3-10(4-2)15(17)11-8-13-14(9-12(11)16)19-7-5-6-18-13/h8-10H,3-7H2,1-2H3. The zero-order valence-electron chi connectivity index (χ0n) is 11.4. The highest BCUT2D eigenvalue weighted by molar-refractivity contribution is 9.10. The highest BCUT2D eigenvalue weighted by atomic mass is 79.9. The lowest BCUT2D eigenvalue weighted by Gasteiger charge is -2.15. The first-order valence-electron chi connectivity index (χ1n) is 6.80. The summed E-state index contributed by atoms with van der Waals surface area (Å²) >= 11 is 3.47. The van der Waals surface area contributed by atoms with Gasteiger partial charge in [-0.3, -0.25) is 4.79 Å². The maximum absolute atomic E-state index is 12.5. The largest absolute Gasteiger partial charge is 0.490 e. The van der Waals surface area contributed by atoms with Gasteiger partial charge in [-0.25, -0.2) is 0 Å². The number of fused-ring (bicyclic) bond motifs is 1. The molecule has 0 amide bonds. The molecule has 0 spiro atoms. The minimum Gasteiger partial charge on any atom is -0.490 e. The first-order valence-corrected chi connectivity index (χ1v) is 7.60. The van der Waals surface area contributed by atoms with Gasteiger partial charge < -0.3 is 9.47 Å². The van der Waals surface area contributed by atoms with Crippen LogP contribution in [0.15, 0.2) is 16.6 Å². The van der Waals surface area contributed by atoms with Gasteiger partial charge in [0.25, 0.3) is 0 Å². The fourth-order valence-corrected chi connectivity index (χ4v) is 2.77. The summed E-state index contributed by atoms with van der Waals surface area (Å²) in [4.78, 5) is 12.5. The topological polar surface area (TPSA) is 35.5 Å². The van der Waals surface area contributed by atoms with Gasteiger partial charge >= 0.3 is 0 Å². The Morgan fingerprint density at radius 2 is 1.79 bits per heavy atom. The van der Waals surface area contributed by atoms with E-state index in [9.17, 15) is 4.79 Å². The summed E-state index contributed by atoms with van der Waals surface area (Å²) in [5, 5.41) is 0. The first-order chi connectivity index (χ1) is 9.17. The molecular weight excluding hydrogens is 308 g/mol. The summed E-state index contributed by atoms with van der Waals surface area (Å²) in [6, 6.07) is 3.65. The van der Waals surface area contributed by atoms with Crippen molar-refractivity contribution in [3.8, 4) is 11.5 Å². The average molecular weight is 327 g/mol. The monoisotopic (exact) mass is 326 g/mol. The summed E-state index contributed by atoms with van der Waals surface area (Å²) in [6.45, 7) is 5.37. The Balaban J connectivity index is 2.36. The second-order valence-electron chi connectivity index (χ2n) is 4.71. The van der Waals surface area contributed by atoms with Crippen LogP contribution in [-0.4, -0.2) is 19.0 Å². The average Bonchev–Trinajstić information content (AvgIpc) is 2.63. The highest BCUT2D eigenvalue weighted by Crippen LogP contribution is 2.36. The van der Waals surface area contributed by atoms with Crippen molar-refractivity contribution in [2.45, 2.75) is 33.1 Å². The summed E-state index contributed by atoms with van der Waals surface area (Å²) in [5.41, 5.74) is 0.693. The molecule has 19 heavy (non-hydrogen) atoms. The lowest BCUT2D eigenvalue weighted by Crippen LogP contribution is -2.14. The van der Waals surface area contributed by atoms with Crippen molar-refractivity contribution in [3.05, 3.63) is 22.2 Å². The van der Waals surface area contributed by atoms with Gasteiger partial charge in [0, 0.05) is 22.4 Å². The molecule has 0 aliphatic carbocycles. The van der Waals surface area contributed by atoms with E-state index in [2.05, 4.69) is 15.9 Å². The Kier molecular flexibility index (Phi) is 4.86. The third-order valence-electron chi connectivity index (χ3n) is 3.46. The van der Waals surface area contributed by atoms with Crippen molar-refractivity contribution in [2.75, 3.05) is 13.2 Å². The molecule has 0 saturated heterocycles. The molecule has 1 heterocycles. The van der Waals surface area contributed by atoms with Crippen LogP contribution in [0.5, 0.6) is 11.5 Å². The quantitative estimate of drug-likeness (QED) is 0.777. The van der Waals surface area contributed by atoms with E-state index in [-0.39, 0.29) is 11.7 Å². The fourth-order valence-electron chi connectivity index (χ4n) is 2.25. The zero-order chi connectivity index (χ0) is 13.8. The molecule has 0 fully saturated rings. The predicted molar refractivity (Wildman–Crippen MR) is 78.2 cm³/mol. The first kappa shape index (κ1) is 14.4. The number of carbonyl (C=O) groups is 1. The van der Waals surface area contributed by atoms with Gasteiger partial charge in [0.15, 0.2) is 17.3 Å². The Bertz CT molecular complexity index is 467. The van der Waals surface area contributed by atoms with Crippen LogP contribution >= 0.6 is 15.9 Å². The molecule has 1 aliphatic rings. The molecule has 0 unspecified atom stereocenters. The van der Waals surface area contributed by atoms with Crippen LogP contribution in [0.3, 0.4) is 0 Å². The summed E-state index contributed by atoms with van der Waals surface area (Å²) in [6.07, 6.45) is 2.58. The van der Waals surface area contributed by atoms with Crippen LogP contribution < -0.4 is 9.47 Å². The van der Waals surface area contributed by atoms with Gasteiger partial charge in [0.05, 0.1) is 13.2 Å². The highest BCUT2D eigenvalue weighted by Gasteiger charge is 2.22. The van der Waals surface area contributed by atoms with E-state index in [0.29, 0.717) is 30.3 Å². The summed E-state index contributed by atoms with van der Waals surface area (Å²) in [5.74, 6) is 1.63. The number of hydrogen-bond donors (Lipinski definition) is 0. The van der Waals surface area contributed by atoms with Crippen LogP contribution in [-0.2, 0) is 0 Å². The second kappa shape index (κ2) is 6.42. The Morgan fingerprint density at radius 3 is 2.37 bits per heavy atom. The maximum Gasteiger partial charge on any atom is 0.167 e. The molecule has 0 atom stereocenters. The fraction of sp³-hybridized carbons (Fsp3) is 0.533. The summed E-state index contributed by atoms with van der Waals surface area (Å²) < 4.78 is 12.0. The van der Waals surface area contributed by atoms with Crippen molar-refractivity contribution in [3.63, 3.8) is 0 Å².